The van der Waals surface area contributed by atoms with Gasteiger partial charge in [0, 0.05) is 6.54 Å². The number of nitrogens with one attached hydrogen (secondary N) is 2. The van der Waals surface area contributed by atoms with Gasteiger partial charge in [0.05, 0.1) is 6.54 Å². The molecule has 0 bridgehead atoms. The molecule has 7 heteroatoms. The summed E-state index contributed by atoms with van der Waals surface area (Å²) in [5.74, 6) is 0.124. The summed E-state index contributed by atoms with van der Waals surface area (Å²) in [7, 11) is 0. The lowest BCUT2D eigenvalue weighted by Crippen LogP contribution is -2.28. The Labute approximate surface area is 121 Å². The standard InChI is InChI=1S/C13H14FN5S/c1-2-6-15-13(20)17-12-16-9-19(18-12)8-10-4-3-5-11(14)7-10/h2-5,7,9H,1,6,8H2,(H2,15,17,18,20). The molecule has 1 aromatic heterocycles. The molecule has 0 unspecified atom stereocenters. The van der Waals surface area contributed by atoms with Crippen molar-refractivity contribution < 1.29 is 4.39 Å². The van der Waals surface area contributed by atoms with Crippen molar-refractivity contribution in [2.45, 2.75) is 6.54 Å². The summed E-state index contributed by atoms with van der Waals surface area (Å²) < 4.78 is 14.7. The molecule has 0 radical (unpaired) electrons. The van der Waals surface area contributed by atoms with Gasteiger partial charge in [-0.05, 0) is 29.9 Å². The average Bonchev–Trinajstić information content (AvgIpc) is 2.83. The van der Waals surface area contributed by atoms with Gasteiger partial charge in [-0.25, -0.2) is 14.1 Å². The van der Waals surface area contributed by atoms with Gasteiger partial charge in [0.2, 0.25) is 5.95 Å². The van der Waals surface area contributed by atoms with Crippen LogP contribution in [0.4, 0.5) is 10.3 Å². The molecule has 0 spiro atoms. The van der Waals surface area contributed by atoms with E-state index < -0.39 is 0 Å². The van der Waals surface area contributed by atoms with Crippen molar-refractivity contribution in [2.24, 2.45) is 0 Å². The normalized spacial score (nSPS) is 10.1. The highest BCUT2D eigenvalue weighted by Gasteiger charge is 2.03. The van der Waals surface area contributed by atoms with Crippen LogP contribution >= 0.6 is 12.2 Å². The Balaban J connectivity index is 1.95. The van der Waals surface area contributed by atoms with Crippen molar-refractivity contribution in [2.75, 3.05) is 11.9 Å². The van der Waals surface area contributed by atoms with Crippen molar-refractivity contribution in [1.29, 1.82) is 0 Å². The maximum atomic E-state index is 13.1. The Bertz CT molecular complexity index is 610. The van der Waals surface area contributed by atoms with Gasteiger partial charge in [-0.2, -0.15) is 0 Å². The van der Waals surface area contributed by atoms with Crippen molar-refractivity contribution in [3.8, 4) is 0 Å². The van der Waals surface area contributed by atoms with Crippen molar-refractivity contribution in [1.82, 2.24) is 20.1 Å². The molecule has 1 aromatic carbocycles. The molecular formula is C13H14FN5S. The zero-order valence-electron chi connectivity index (χ0n) is 10.7. The van der Waals surface area contributed by atoms with Crippen LogP contribution in [-0.4, -0.2) is 26.4 Å². The SMILES string of the molecule is C=CCNC(=S)Nc1ncn(Cc2cccc(F)c2)n1. The lowest BCUT2D eigenvalue weighted by molar-refractivity contribution is 0.619. The topological polar surface area (TPSA) is 54.8 Å². The summed E-state index contributed by atoms with van der Waals surface area (Å²) in [4.78, 5) is 4.08. The maximum absolute atomic E-state index is 13.1. The average molecular weight is 291 g/mol. The van der Waals surface area contributed by atoms with E-state index in [4.69, 9.17) is 12.2 Å². The Morgan fingerprint density at radius 1 is 1.50 bits per heavy atom. The Morgan fingerprint density at radius 2 is 2.35 bits per heavy atom. The predicted molar refractivity (Wildman–Crippen MR) is 79.9 cm³/mol. The second-order valence-corrected chi connectivity index (χ2v) is 4.43. The van der Waals surface area contributed by atoms with Crippen LogP contribution in [0.1, 0.15) is 5.56 Å². The van der Waals surface area contributed by atoms with Crippen LogP contribution < -0.4 is 10.6 Å². The number of nitrogens with zero attached hydrogens (tertiary/aromatic N) is 3. The third-order valence-electron chi connectivity index (χ3n) is 2.40. The van der Waals surface area contributed by atoms with E-state index in [2.05, 4.69) is 27.3 Å². The molecule has 0 aliphatic heterocycles. The van der Waals surface area contributed by atoms with E-state index in [1.807, 2.05) is 6.07 Å². The summed E-state index contributed by atoms with van der Waals surface area (Å²) in [5, 5.41) is 10.4. The molecule has 0 aliphatic carbocycles. The minimum Gasteiger partial charge on any atom is -0.359 e. The minimum absolute atomic E-state index is 0.268. The summed E-state index contributed by atoms with van der Waals surface area (Å²) >= 11 is 5.05. The summed E-state index contributed by atoms with van der Waals surface area (Å²) in [6.07, 6.45) is 3.26. The monoisotopic (exact) mass is 291 g/mol. The summed E-state index contributed by atoms with van der Waals surface area (Å²) in [6.45, 7) is 4.59. The fourth-order valence-corrected chi connectivity index (χ4v) is 1.74. The molecule has 0 aliphatic rings. The fourth-order valence-electron chi connectivity index (χ4n) is 1.56. The molecule has 5 nitrogen and oxygen atoms in total. The number of benzene rings is 1. The molecule has 2 aromatic rings. The number of halogens is 1. The van der Waals surface area contributed by atoms with Crippen LogP contribution in [-0.2, 0) is 6.54 Å². The Morgan fingerprint density at radius 3 is 3.10 bits per heavy atom. The molecule has 104 valence electrons. The molecule has 0 amide bonds. The van der Waals surface area contributed by atoms with Gasteiger partial charge in [-0.3, -0.25) is 5.32 Å². The van der Waals surface area contributed by atoms with Crippen molar-refractivity contribution >= 4 is 23.3 Å². The van der Waals surface area contributed by atoms with Crippen LogP contribution in [0.25, 0.3) is 0 Å². The Hall–Kier alpha value is -2.28. The van der Waals surface area contributed by atoms with Gasteiger partial charge in [0.25, 0.3) is 0 Å². The van der Waals surface area contributed by atoms with Crippen LogP contribution in [0, 0.1) is 5.82 Å². The van der Waals surface area contributed by atoms with Crippen LogP contribution in [0.3, 0.4) is 0 Å². The number of anilines is 1. The fraction of sp³-hybridized carbons (Fsp3) is 0.154. The minimum atomic E-state index is -0.268. The zero-order chi connectivity index (χ0) is 14.4. The van der Waals surface area contributed by atoms with Crippen molar-refractivity contribution in [3.63, 3.8) is 0 Å². The number of thiocarbonyl (C=S) groups is 1. The first-order chi connectivity index (χ1) is 9.67. The van der Waals surface area contributed by atoms with E-state index in [0.29, 0.717) is 24.2 Å². The zero-order valence-corrected chi connectivity index (χ0v) is 11.5. The Kier molecular flexibility index (Phi) is 4.78. The largest absolute Gasteiger partial charge is 0.359 e. The second-order valence-electron chi connectivity index (χ2n) is 4.02. The molecule has 2 N–H and O–H groups in total. The third kappa shape index (κ3) is 4.13. The van der Waals surface area contributed by atoms with Gasteiger partial charge >= 0.3 is 0 Å². The number of hydrogen-bond donors (Lipinski definition) is 2. The second kappa shape index (κ2) is 6.76. The van der Waals surface area contributed by atoms with Crippen LogP contribution in [0.5, 0.6) is 0 Å². The first-order valence-corrected chi connectivity index (χ1v) is 6.38. The molecule has 2 rings (SSSR count). The first kappa shape index (κ1) is 14.1. The van der Waals surface area contributed by atoms with E-state index in [1.54, 1.807) is 23.2 Å². The van der Waals surface area contributed by atoms with E-state index in [0.717, 1.165) is 5.56 Å². The highest BCUT2D eigenvalue weighted by atomic mass is 32.1. The highest BCUT2D eigenvalue weighted by Crippen LogP contribution is 2.06. The lowest BCUT2D eigenvalue weighted by Gasteiger charge is -2.04. The first-order valence-electron chi connectivity index (χ1n) is 5.97. The van der Waals surface area contributed by atoms with E-state index in [9.17, 15) is 4.39 Å². The van der Waals surface area contributed by atoms with Gasteiger partial charge in [0.15, 0.2) is 5.11 Å². The van der Waals surface area contributed by atoms with Gasteiger partial charge < -0.3 is 5.32 Å². The van der Waals surface area contributed by atoms with Crippen molar-refractivity contribution in [3.05, 3.63) is 54.6 Å². The lowest BCUT2D eigenvalue weighted by atomic mass is 10.2. The molecule has 0 atom stereocenters. The van der Waals surface area contributed by atoms with Crippen LogP contribution in [0.15, 0.2) is 43.2 Å². The molecule has 1 heterocycles. The van der Waals surface area contributed by atoms with Gasteiger partial charge in [-0.1, -0.05) is 18.2 Å². The van der Waals surface area contributed by atoms with E-state index in [-0.39, 0.29) is 5.82 Å². The highest BCUT2D eigenvalue weighted by molar-refractivity contribution is 7.80. The van der Waals surface area contributed by atoms with E-state index >= 15 is 0 Å². The quantitative estimate of drug-likeness (QED) is 0.651. The van der Waals surface area contributed by atoms with Gasteiger partial charge in [0.1, 0.15) is 12.1 Å². The van der Waals surface area contributed by atoms with Gasteiger partial charge in [-0.15, -0.1) is 11.7 Å². The summed E-state index contributed by atoms with van der Waals surface area (Å²) in [6, 6.07) is 6.36. The van der Waals surface area contributed by atoms with Crippen LogP contribution in [0.2, 0.25) is 0 Å². The summed E-state index contributed by atoms with van der Waals surface area (Å²) in [5.41, 5.74) is 0.814. The smallest absolute Gasteiger partial charge is 0.248 e. The molecule has 0 saturated heterocycles. The number of aromatic nitrogens is 3. The number of hydrogen-bond acceptors (Lipinski definition) is 3. The maximum Gasteiger partial charge on any atom is 0.248 e. The third-order valence-corrected chi connectivity index (χ3v) is 2.65. The molecule has 0 fully saturated rings. The molecule has 20 heavy (non-hydrogen) atoms. The number of rotatable bonds is 5. The molecule has 0 saturated carbocycles. The van der Waals surface area contributed by atoms with E-state index in [1.165, 1.54) is 12.1 Å². The molecular weight excluding hydrogens is 277 g/mol. The predicted octanol–water partition coefficient (Wildman–Crippen LogP) is 1.94.